The molecule has 1 aromatic carbocycles. The molecule has 15 heavy (non-hydrogen) atoms. The third-order valence-corrected chi connectivity index (χ3v) is 2.12. The Labute approximate surface area is 88.0 Å². The summed E-state index contributed by atoms with van der Waals surface area (Å²) < 4.78 is 5.21. The second-order valence-corrected chi connectivity index (χ2v) is 3.51. The van der Waals surface area contributed by atoms with E-state index in [4.69, 9.17) is 4.74 Å². The molecule has 0 aromatic heterocycles. The maximum Gasteiger partial charge on any atom is 0.297 e. The normalized spacial score (nSPS) is 22.7. The molecule has 1 N–H and O–H groups in total. The highest BCUT2D eigenvalue weighted by molar-refractivity contribution is 6.02. The Morgan fingerprint density at radius 1 is 1.47 bits per heavy atom. The molecule has 1 aliphatic rings. The van der Waals surface area contributed by atoms with E-state index in [0.29, 0.717) is 0 Å². The maximum atomic E-state index is 11.1. The molecule has 0 bridgehead atoms. The molecule has 0 saturated carbocycles. The SMILES string of the molecule is Cc1cccc(N=C2NC(=O)C(C)O2)c1. The van der Waals surface area contributed by atoms with Gasteiger partial charge >= 0.3 is 0 Å². The fourth-order valence-electron chi connectivity index (χ4n) is 1.33. The first-order chi connectivity index (χ1) is 7.15. The van der Waals surface area contributed by atoms with Gasteiger partial charge in [0, 0.05) is 0 Å². The lowest BCUT2D eigenvalue weighted by Gasteiger charge is -1.99. The largest absolute Gasteiger partial charge is 0.452 e. The van der Waals surface area contributed by atoms with Crippen LogP contribution in [0.1, 0.15) is 12.5 Å². The van der Waals surface area contributed by atoms with E-state index in [2.05, 4.69) is 10.3 Å². The molecule has 1 fully saturated rings. The van der Waals surface area contributed by atoms with Gasteiger partial charge in [0.15, 0.2) is 6.10 Å². The van der Waals surface area contributed by atoms with Crippen LogP contribution in [0.3, 0.4) is 0 Å². The second-order valence-electron chi connectivity index (χ2n) is 3.51. The number of aliphatic imine (C=N–C) groups is 1. The van der Waals surface area contributed by atoms with Gasteiger partial charge in [0.2, 0.25) is 0 Å². The average molecular weight is 204 g/mol. The van der Waals surface area contributed by atoms with Crippen LogP contribution >= 0.6 is 0 Å². The van der Waals surface area contributed by atoms with Crippen molar-refractivity contribution < 1.29 is 9.53 Å². The first-order valence-corrected chi connectivity index (χ1v) is 4.78. The van der Waals surface area contributed by atoms with Gasteiger partial charge in [0.25, 0.3) is 11.9 Å². The van der Waals surface area contributed by atoms with E-state index in [-0.39, 0.29) is 11.9 Å². The van der Waals surface area contributed by atoms with Crippen LogP contribution in [-0.4, -0.2) is 18.0 Å². The molecule has 1 atom stereocenters. The van der Waals surface area contributed by atoms with Gasteiger partial charge in [-0.3, -0.25) is 10.1 Å². The lowest BCUT2D eigenvalue weighted by molar-refractivity contribution is -0.122. The number of hydrogen-bond donors (Lipinski definition) is 1. The van der Waals surface area contributed by atoms with Gasteiger partial charge in [-0.05, 0) is 31.5 Å². The van der Waals surface area contributed by atoms with Crippen LogP contribution in [0.5, 0.6) is 0 Å². The molecule has 0 aliphatic carbocycles. The number of carbonyl (C=O) groups is 1. The fourth-order valence-corrected chi connectivity index (χ4v) is 1.33. The molecule has 1 aliphatic heterocycles. The van der Waals surface area contributed by atoms with Crippen molar-refractivity contribution in [2.45, 2.75) is 20.0 Å². The summed E-state index contributed by atoms with van der Waals surface area (Å²) in [5, 5.41) is 2.56. The molecule has 2 rings (SSSR count). The van der Waals surface area contributed by atoms with Crippen molar-refractivity contribution in [1.82, 2.24) is 5.32 Å². The number of benzene rings is 1. The van der Waals surface area contributed by atoms with Crippen molar-refractivity contribution in [3.05, 3.63) is 29.8 Å². The third kappa shape index (κ3) is 2.15. The van der Waals surface area contributed by atoms with Crippen molar-refractivity contribution in [3.8, 4) is 0 Å². The van der Waals surface area contributed by atoms with Crippen molar-refractivity contribution in [2.24, 2.45) is 4.99 Å². The van der Waals surface area contributed by atoms with Crippen LogP contribution in [0.2, 0.25) is 0 Å². The summed E-state index contributed by atoms with van der Waals surface area (Å²) in [5.74, 6) is -0.151. The van der Waals surface area contributed by atoms with E-state index < -0.39 is 6.10 Å². The summed E-state index contributed by atoms with van der Waals surface area (Å²) in [4.78, 5) is 15.3. The Balaban J connectivity index is 2.21. The Morgan fingerprint density at radius 2 is 2.27 bits per heavy atom. The number of hydrogen-bond acceptors (Lipinski definition) is 3. The molecule has 1 unspecified atom stereocenters. The summed E-state index contributed by atoms with van der Waals surface area (Å²) in [6, 6.07) is 7.96. The Morgan fingerprint density at radius 3 is 2.87 bits per heavy atom. The highest BCUT2D eigenvalue weighted by atomic mass is 16.5. The lowest BCUT2D eigenvalue weighted by Crippen LogP contribution is -2.23. The van der Waals surface area contributed by atoms with E-state index >= 15 is 0 Å². The molecule has 4 nitrogen and oxygen atoms in total. The fraction of sp³-hybridized carbons (Fsp3) is 0.273. The minimum atomic E-state index is -0.450. The topological polar surface area (TPSA) is 50.7 Å². The zero-order valence-electron chi connectivity index (χ0n) is 8.65. The van der Waals surface area contributed by atoms with Crippen LogP contribution in [0.15, 0.2) is 29.3 Å². The minimum absolute atomic E-state index is 0.151. The number of carbonyl (C=O) groups excluding carboxylic acids is 1. The zero-order chi connectivity index (χ0) is 10.8. The number of nitrogens with zero attached hydrogens (tertiary/aromatic N) is 1. The van der Waals surface area contributed by atoms with Crippen LogP contribution in [0.4, 0.5) is 5.69 Å². The van der Waals surface area contributed by atoms with Crippen molar-refractivity contribution in [2.75, 3.05) is 0 Å². The summed E-state index contributed by atoms with van der Waals surface area (Å²) in [6.45, 7) is 3.68. The monoisotopic (exact) mass is 204 g/mol. The van der Waals surface area contributed by atoms with Gasteiger partial charge < -0.3 is 4.74 Å². The van der Waals surface area contributed by atoms with Crippen LogP contribution in [0.25, 0.3) is 0 Å². The quantitative estimate of drug-likeness (QED) is 0.754. The molecule has 0 radical (unpaired) electrons. The van der Waals surface area contributed by atoms with Gasteiger partial charge in [-0.15, -0.1) is 0 Å². The van der Waals surface area contributed by atoms with Crippen LogP contribution in [0, 0.1) is 6.92 Å². The molecular weight excluding hydrogens is 192 g/mol. The molecule has 1 heterocycles. The van der Waals surface area contributed by atoms with E-state index in [1.165, 1.54) is 0 Å². The summed E-state index contributed by atoms with van der Waals surface area (Å²) in [5.41, 5.74) is 1.90. The van der Waals surface area contributed by atoms with Gasteiger partial charge in [0.1, 0.15) is 0 Å². The number of amides is 1. The van der Waals surface area contributed by atoms with Crippen molar-refractivity contribution >= 4 is 17.6 Å². The molecule has 4 heteroatoms. The number of ether oxygens (including phenoxy) is 1. The predicted molar refractivity (Wildman–Crippen MR) is 57.0 cm³/mol. The lowest BCUT2D eigenvalue weighted by atomic mass is 10.2. The van der Waals surface area contributed by atoms with Crippen molar-refractivity contribution in [3.63, 3.8) is 0 Å². The predicted octanol–water partition coefficient (Wildman–Crippen LogP) is 1.52. The van der Waals surface area contributed by atoms with E-state index in [1.54, 1.807) is 6.92 Å². The maximum absolute atomic E-state index is 11.1. The third-order valence-electron chi connectivity index (χ3n) is 2.12. The number of rotatable bonds is 1. The zero-order valence-corrected chi connectivity index (χ0v) is 8.65. The number of nitrogens with one attached hydrogen (secondary N) is 1. The van der Waals surface area contributed by atoms with E-state index in [1.807, 2.05) is 31.2 Å². The smallest absolute Gasteiger partial charge is 0.297 e. The Bertz CT molecular complexity index is 426. The number of aryl methyl sites for hydroxylation is 1. The summed E-state index contributed by atoms with van der Waals surface area (Å²) >= 11 is 0. The van der Waals surface area contributed by atoms with E-state index in [9.17, 15) is 4.79 Å². The first kappa shape index (κ1) is 9.71. The van der Waals surface area contributed by atoms with Gasteiger partial charge in [-0.1, -0.05) is 12.1 Å². The van der Waals surface area contributed by atoms with Gasteiger partial charge in [-0.2, -0.15) is 4.99 Å². The van der Waals surface area contributed by atoms with Crippen molar-refractivity contribution in [1.29, 1.82) is 0 Å². The molecular formula is C11H12N2O2. The number of amidine groups is 1. The molecule has 0 spiro atoms. The van der Waals surface area contributed by atoms with Crippen LogP contribution < -0.4 is 5.32 Å². The average Bonchev–Trinajstić information content (AvgIpc) is 2.45. The highest BCUT2D eigenvalue weighted by Crippen LogP contribution is 2.15. The Kier molecular flexibility index (Phi) is 2.41. The first-order valence-electron chi connectivity index (χ1n) is 4.78. The van der Waals surface area contributed by atoms with E-state index in [0.717, 1.165) is 11.3 Å². The Hall–Kier alpha value is -1.84. The molecule has 1 aromatic rings. The molecule has 1 saturated heterocycles. The minimum Gasteiger partial charge on any atom is -0.452 e. The van der Waals surface area contributed by atoms with Gasteiger partial charge in [-0.25, -0.2) is 0 Å². The standard InChI is InChI=1S/C11H12N2O2/c1-7-4-3-5-9(6-7)12-11-13-10(14)8(2)15-11/h3-6,8H,1-2H3,(H,12,13,14). The second kappa shape index (κ2) is 3.73. The molecule has 78 valence electrons. The van der Waals surface area contributed by atoms with Gasteiger partial charge in [0.05, 0.1) is 5.69 Å². The van der Waals surface area contributed by atoms with Crippen LogP contribution in [-0.2, 0) is 9.53 Å². The molecule has 1 amide bonds. The summed E-state index contributed by atoms with van der Waals surface area (Å²) in [7, 11) is 0. The summed E-state index contributed by atoms with van der Waals surface area (Å²) in [6.07, 6.45) is -0.450. The highest BCUT2D eigenvalue weighted by Gasteiger charge is 2.26.